The van der Waals surface area contributed by atoms with Crippen LogP contribution in [0.15, 0.2) is 41.7 Å². The third-order valence-electron chi connectivity index (χ3n) is 5.12. The molecule has 0 aliphatic heterocycles. The highest BCUT2D eigenvalue weighted by molar-refractivity contribution is 5.78. The molecule has 0 aliphatic rings. The van der Waals surface area contributed by atoms with E-state index < -0.39 is 0 Å². The van der Waals surface area contributed by atoms with Crippen LogP contribution in [0, 0.1) is 20.8 Å². The molecule has 30 heavy (non-hydrogen) atoms. The van der Waals surface area contributed by atoms with Crippen LogP contribution in [-0.4, -0.2) is 23.8 Å². The van der Waals surface area contributed by atoms with Crippen molar-refractivity contribution in [2.45, 2.75) is 20.8 Å². The molecule has 6 nitrogen and oxygen atoms in total. The molecule has 0 bridgehead atoms. The number of hydrogen-bond acceptors (Lipinski definition) is 5. The number of aromatic nitrogens is 2. The summed E-state index contributed by atoms with van der Waals surface area (Å²) >= 11 is 0. The van der Waals surface area contributed by atoms with Crippen LogP contribution in [-0.2, 0) is 7.05 Å². The fraction of sp³-hybridized carbons (Fsp3) is 0.250. The number of benzene rings is 2. The molecule has 0 saturated heterocycles. The van der Waals surface area contributed by atoms with Gasteiger partial charge in [-0.3, -0.25) is 4.57 Å². The number of hydrogen-bond donors (Lipinski definition) is 1. The topological polar surface area (TPSA) is 65.4 Å². The van der Waals surface area contributed by atoms with Gasteiger partial charge in [0.1, 0.15) is 5.82 Å². The van der Waals surface area contributed by atoms with Gasteiger partial charge in [-0.1, -0.05) is 30.4 Å². The molecule has 1 N–H and O–H groups in total. The van der Waals surface area contributed by atoms with Crippen LogP contribution in [0.4, 0.5) is 11.5 Å². The summed E-state index contributed by atoms with van der Waals surface area (Å²) in [7, 11) is 4.85. The molecule has 1 aromatic heterocycles. The van der Waals surface area contributed by atoms with E-state index >= 15 is 0 Å². The van der Waals surface area contributed by atoms with Gasteiger partial charge in [-0.05, 0) is 49.6 Å². The van der Waals surface area contributed by atoms with Crippen molar-refractivity contribution in [3.63, 3.8) is 0 Å². The Morgan fingerprint density at radius 3 is 2.17 bits per heavy atom. The van der Waals surface area contributed by atoms with Gasteiger partial charge in [0.05, 0.1) is 19.9 Å². The molecule has 0 spiro atoms. The first-order chi connectivity index (χ1) is 14.3. The van der Waals surface area contributed by atoms with Crippen molar-refractivity contribution >= 4 is 17.6 Å². The summed E-state index contributed by atoms with van der Waals surface area (Å²) in [5.41, 5.74) is 6.08. The second-order valence-electron chi connectivity index (χ2n) is 7.27. The minimum Gasteiger partial charge on any atom is -0.493 e. The third kappa shape index (κ3) is 3.94. The lowest BCUT2D eigenvalue weighted by Gasteiger charge is -2.18. The van der Waals surface area contributed by atoms with Gasteiger partial charge in [-0.25, -0.2) is 4.79 Å². The number of nitrogens with zero attached hydrogens (tertiary/aromatic N) is 2. The molecule has 1 heterocycles. The van der Waals surface area contributed by atoms with Crippen molar-refractivity contribution < 1.29 is 9.47 Å². The summed E-state index contributed by atoms with van der Waals surface area (Å²) < 4.78 is 12.3. The minimum absolute atomic E-state index is 0.359. The van der Waals surface area contributed by atoms with Gasteiger partial charge in [0.2, 0.25) is 0 Å². The first-order valence-electron chi connectivity index (χ1n) is 9.60. The summed E-state index contributed by atoms with van der Waals surface area (Å²) in [6.07, 6.45) is 1.71. The van der Waals surface area contributed by atoms with Crippen LogP contribution < -0.4 is 20.5 Å². The Morgan fingerprint density at radius 2 is 1.60 bits per heavy atom. The molecular weight excluding hydrogens is 378 g/mol. The predicted octanol–water partition coefficient (Wildman–Crippen LogP) is 4.78. The Balaban J connectivity index is 2.18. The molecule has 3 aromatic rings. The maximum atomic E-state index is 12.7. The summed E-state index contributed by atoms with van der Waals surface area (Å²) in [6.45, 7) is 10.1. The standard InChI is InChI=1S/C24H27N3O3/c1-8-17-11-20(29-6)21(30-7)12-18(17)19-13-22(27(5)24(28)25-19)26-23-15(3)9-14(2)10-16(23)4/h8-13,26H,1H2,2-7H3. The van der Waals surface area contributed by atoms with E-state index in [9.17, 15) is 4.79 Å². The van der Waals surface area contributed by atoms with E-state index in [2.05, 4.69) is 35.9 Å². The summed E-state index contributed by atoms with van der Waals surface area (Å²) in [4.78, 5) is 16.9. The fourth-order valence-corrected chi connectivity index (χ4v) is 3.59. The molecule has 0 aliphatic carbocycles. The van der Waals surface area contributed by atoms with Gasteiger partial charge >= 0.3 is 5.69 Å². The molecule has 0 radical (unpaired) electrons. The lowest BCUT2D eigenvalue weighted by atomic mass is 10.0. The van der Waals surface area contributed by atoms with Crippen molar-refractivity contribution in [1.82, 2.24) is 9.55 Å². The van der Waals surface area contributed by atoms with Crippen LogP contribution in [0.1, 0.15) is 22.3 Å². The molecule has 2 aromatic carbocycles. The van der Waals surface area contributed by atoms with Crippen molar-refractivity contribution in [3.8, 4) is 22.8 Å². The molecule has 0 saturated carbocycles. The average Bonchev–Trinajstić information content (AvgIpc) is 2.72. The van der Waals surface area contributed by atoms with Crippen LogP contribution in [0.2, 0.25) is 0 Å². The monoisotopic (exact) mass is 405 g/mol. The van der Waals surface area contributed by atoms with Gasteiger partial charge in [0.15, 0.2) is 11.5 Å². The lowest BCUT2D eigenvalue weighted by molar-refractivity contribution is 0.355. The minimum atomic E-state index is -0.359. The number of methoxy groups -OCH3 is 2. The van der Waals surface area contributed by atoms with Crippen LogP contribution >= 0.6 is 0 Å². The summed E-state index contributed by atoms with van der Waals surface area (Å²) in [6, 6.07) is 9.71. The Hall–Kier alpha value is -3.54. The largest absolute Gasteiger partial charge is 0.493 e. The highest BCUT2D eigenvalue weighted by Crippen LogP contribution is 2.36. The number of aryl methyl sites for hydroxylation is 3. The highest BCUT2D eigenvalue weighted by atomic mass is 16.5. The molecule has 6 heteroatoms. The van der Waals surface area contributed by atoms with Gasteiger partial charge < -0.3 is 14.8 Å². The normalized spacial score (nSPS) is 10.6. The zero-order valence-electron chi connectivity index (χ0n) is 18.3. The number of ether oxygens (including phenoxy) is 2. The van der Waals surface area contributed by atoms with Crippen LogP contribution in [0.3, 0.4) is 0 Å². The quantitative estimate of drug-likeness (QED) is 0.640. The zero-order valence-corrected chi connectivity index (χ0v) is 18.3. The van der Waals surface area contributed by atoms with E-state index in [-0.39, 0.29) is 5.69 Å². The predicted molar refractivity (Wildman–Crippen MR) is 122 cm³/mol. The molecular formula is C24H27N3O3. The van der Waals surface area contributed by atoms with Gasteiger partial charge in [0.25, 0.3) is 0 Å². The van der Waals surface area contributed by atoms with Crippen LogP contribution in [0.25, 0.3) is 17.3 Å². The molecule has 156 valence electrons. The molecule has 0 atom stereocenters. The van der Waals surface area contributed by atoms with E-state index in [0.717, 1.165) is 27.9 Å². The third-order valence-corrected chi connectivity index (χ3v) is 5.12. The van der Waals surface area contributed by atoms with Crippen molar-refractivity contribution in [2.75, 3.05) is 19.5 Å². The van der Waals surface area contributed by atoms with Crippen molar-refractivity contribution in [1.29, 1.82) is 0 Å². The summed E-state index contributed by atoms with van der Waals surface area (Å²) in [5, 5.41) is 3.42. The Morgan fingerprint density at radius 1 is 1.00 bits per heavy atom. The van der Waals surface area contributed by atoms with E-state index in [1.165, 1.54) is 10.1 Å². The number of rotatable bonds is 6. The van der Waals surface area contributed by atoms with E-state index in [1.54, 1.807) is 27.3 Å². The Kier molecular flexibility index (Phi) is 5.96. The summed E-state index contributed by atoms with van der Waals surface area (Å²) in [5.74, 6) is 1.79. The van der Waals surface area contributed by atoms with Crippen LogP contribution in [0.5, 0.6) is 11.5 Å². The fourth-order valence-electron chi connectivity index (χ4n) is 3.59. The van der Waals surface area contributed by atoms with Crippen molar-refractivity contribution in [3.05, 3.63) is 69.6 Å². The van der Waals surface area contributed by atoms with Gasteiger partial charge in [-0.15, -0.1) is 0 Å². The van der Waals surface area contributed by atoms with Gasteiger partial charge in [0, 0.05) is 24.4 Å². The first-order valence-corrected chi connectivity index (χ1v) is 9.60. The SMILES string of the molecule is C=Cc1cc(OC)c(OC)cc1-c1cc(Nc2c(C)cc(C)cc2C)n(C)c(=O)n1. The Bertz CT molecular complexity index is 1160. The smallest absolute Gasteiger partial charge is 0.349 e. The zero-order chi connectivity index (χ0) is 22.0. The van der Waals surface area contributed by atoms with Gasteiger partial charge in [-0.2, -0.15) is 4.98 Å². The number of anilines is 2. The first kappa shape index (κ1) is 21.2. The Labute approximate surface area is 176 Å². The molecule has 3 rings (SSSR count). The number of nitrogens with one attached hydrogen (secondary N) is 1. The molecule has 0 amide bonds. The maximum Gasteiger partial charge on any atom is 0.349 e. The van der Waals surface area contributed by atoms with E-state index in [0.29, 0.717) is 23.0 Å². The highest BCUT2D eigenvalue weighted by Gasteiger charge is 2.15. The van der Waals surface area contributed by atoms with E-state index in [4.69, 9.17) is 9.47 Å². The second kappa shape index (κ2) is 8.45. The lowest BCUT2D eigenvalue weighted by Crippen LogP contribution is -2.23. The molecule has 0 fully saturated rings. The second-order valence-corrected chi connectivity index (χ2v) is 7.27. The molecule has 0 unspecified atom stereocenters. The maximum absolute atomic E-state index is 12.7. The van der Waals surface area contributed by atoms with E-state index in [1.807, 2.05) is 32.0 Å². The van der Waals surface area contributed by atoms with Crippen molar-refractivity contribution in [2.24, 2.45) is 7.05 Å². The average molecular weight is 405 g/mol.